The van der Waals surface area contributed by atoms with Gasteiger partial charge < -0.3 is 34.8 Å². The van der Waals surface area contributed by atoms with E-state index in [-0.39, 0.29) is 6.61 Å². The standard InChI is InChI=1S/C14H22N2O7/c1-13(2)20-6-7(16-12(19)11(15)18)9(22-13)10-8(5-17)21-14(3,4)23-10/h5,7-10H,6H2,1-4H3,(H2,15,18)(H,16,19)/t7-,8-,9-,10-/m1/s1. The summed E-state index contributed by atoms with van der Waals surface area (Å²) in [5.74, 6) is -4.00. The van der Waals surface area contributed by atoms with Crippen molar-refractivity contribution in [2.24, 2.45) is 5.73 Å². The Hall–Kier alpha value is -1.55. The van der Waals surface area contributed by atoms with Crippen LogP contribution in [0.4, 0.5) is 0 Å². The van der Waals surface area contributed by atoms with Crippen molar-refractivity contribution >= 4 is 18.1 Å². The fourth-order valence-corrected chi connectivity index (χ4v) is 2.67. The van der Waals surface area contributed by atoms with Gasteiger partial charge in [0.15, 0.2) is 17.9 Å². The Morgan fingerprint density at radius 1 is 1.09 bits per heavy atom. The van der Waals surface area contributed by atoms with Gasteiger partial charge in [0.2, 0.25) is 0 Å². The molecule has 4 atom stereocenters. The molecule has 2 amide bonds. The molecule has 0 bridgehead atoms. The number of primary amides is 1. The lowest BCUT2D eigenvalue weighted by Gasteiger charge is -2.43. The molecule has 23 heavy (non-hydrogen) atoms. The molecule has 2 aliphatic heterocycles. The van der Waals surface area contributed by atoms with Gasteiger partial charge in [0, 0.05) is 0 Å². The number of aldehydes is 1. The summed E-state index contributed by atoms with van der Waals surface area (Å²) in [7, 11) is 0. The molecule has 9 nitrogen and oxygen atoms in total. The van der Waals surface area contributed by atoms with Crippen LogP contribution in [0.25, 0.3) is 0 Å². The fraction of sp³-hybridized carbons (Fsp3) is 0.786. The molecular formula is C14H22N2O7. The van der Waals surface area contributed by atoms with E-state index in [1.165, 1.54) is 0 Å². The Kier molecular flexibility index (Phi) is 4.76. The Morgan fingerprint density at radius 3 is 2.26 bits per heavy atom. The summed E-state index contributed by atoms with van der Waals surface area (Å²) >= 11 is 0. The summed E-state index contributed by atoms with van der Waals surface area (Å²) in [6.07, 6.45) is -1.75. The molecule has 3 N–H and O–H groups in total. The lowest BCUT2D eigenvalue weighted by molar-refractivity contribution is -0.301. The summed E-state index contributed by atoms with van der Waals surface area (Å²) in [6.45, 7) is 6.81. The second-order valence-corrected chi connectivity index (χ2v) is 6.44. The maximum absolute atomic E-state index is 11.6. The van der Waals surface area contributed by atoms with Crippen LogP contribution in [0.3, 0.4) is 0 Å². The second kappa shape index (κ2) is 6.16. The molecule has 0 aromatic rings. The number of nitrogens with one attached hydrogen (secondary N) is 1. The average molecular weight is 330 g/mol. The first kappa shape index (κ1) is 17.8. The fourth-order valence-electron chi connectivity index (χ4n) is 2.67. The first-order chi connectivity index (χ1) is 10.5. The van der Waals surface area contributed by atoms with Crippen molar-refractivity contribution in [2.45, 2.75) is 63.6 Å². The highest BCUT2D eigenvalue weighted by atomic mass is 16.8. The van der Waals surface area contributed by atoms with Crippen molar-refractivity contribution in [3.05, 3.63) is 0 Å². The Morgan fingerprint density at radius 2 is 1.70 bits per heavy atom. The molecule has 0 unspecified atom stereocenters. The summed E-state index contributed by atoms with van der Waals surface area (Å²) in [5.41, 5.74) is 4.96. The van der Waals surface area contributed by atoms with Gasteiger partial charge in [0.05, 0.1) is 12.6 Å². The molecule has 0 aromatic carbocycles. The molecule has 0 radical (unpaired) electrons. The molecule has 0 spiro atoms. The van der Waals surface area contributed by atoms with Gasteiger partial charge in [-0.15, -0.1) is 0 Å². The molecule has 2 rings (SSSR count). The van der Waals surface area contributed by atoms with Crippen LogP contribution < -0.4 is 11.1 Å². The molecule has 2 fully saturated rings. The van der Waals surface area contributed by atoms with Crippen LogP contribution in [-0.4, -0.2) is 60.6 Å². The van der Waals surface area contributed by atoms with E-state index in [4.69, 9.17) is 24.7 Å². The van der Waals surface area contributed by atoms with E-state index in [0.717, 1.165) is 0 Å². The smallest absolute Gasteiger partial charge is 0.309 e. The first-order valence-electron chi connectivity index (χ1n) is 7.28. The molecular weight excluding hydrogens is 308 g/mol. The third kappa shape index (κ3) is 4.05. The highest BCUT2D eigenvalue weighted by molar-refractivity contribution is 6.34. The van der Waals surface area contributed by atoms with Crippen molar-refractivity contribution in [2.75, 3.05) is 6.61 Å². The number of nitrogens with two attached hydrogens (primary N) is 1. The molecule has 130 valence electrons. The zero-order valence-electron chi connectivity index (χ0n) is 13.5. The maximum atomic E-state index is 11.6. The SMILES string of the molecule is CC1(C)OC[C@@H](NC(=O)C(N)=O)[C@H]([C@@H]2OC(C)(C)O[C@@H]2C=O)O1. The normalized spacial score (nSPS) is 35.5. The second-order valence-electron chi connectivity index (χ2n) is 6.44. The number of carbonyl (C=O) groups excluding carboxylic acids is 3. The van der Waals surface area contributed by atoms with Crippen molar-refractivity contribution in [3.8, 4) is 0 Å². The first-order valence-corrected chi connectivity index (χ1v) is 7.28. The highest BCUT2D eigenvalue weighted by Crippen LogP contribution is 2.35. The van der Waals surface area contributed by atoms with E-state index in [9.17, 15) is 14.4 Å². The Bertz CT molecular complexity index is 505. The minimum Gasteiger partial charge on any atom is -0.361 e. The van der Waals surface area contributed by atoms with Crippen LogP contribution in [0.2, 0.25) is 0 Å². The van der Waals surface area contributed by atoms with Crippen LogP contribution in [0, 0.1) is 0 Å². The van der Waals surface area contributed by atoms with E-state index in [1.807, 2.05) is 0 Å². The Labute approximate surface area is 133 Å². The number of hydrogen-bond donors (Lipinski definition) is 2. The van der Waals surface area contributed by atoms with Gasteiger partial charge in [-0.3, -0.25) is 9.59 Å². The number of carbonyl (C=O) groups is 3. The molecule has 0 aliphatic carbocycles. The topological polar surface area (TPSA) is 126 Å². The van der Waals surface area contributed by atoms with Crippen molar-refractivity contribution in [3.63, 3.8) is 0 Å². The molecule has 2 saturated heterocycles. The quantitative estimate of drug-likeness (QED) is 0.493. The van der Waals surface area contributed by atoms with Crippen LogP contribution in [-0.2, 0) is 33.3 Å². The lowest BCUT2D eigenvalue weighted by atomic mass is 9.99. The molecule has 9 heteroatoms. The van der Waals surface area contributed by atoms with Gasteiger partial charge in [-0.1, -0.05) is 0 Å². The predicted molar refractivity (Wildman–Crippen MR) is 75.9 cm³/mol. The number of hydrogen-bond acceptors (Lipinski definition) is 7. The summed E-state index contributed by atoms with van der Waals surface area (Å²) in [6, 6.07) is -0.715. The van der Waals surface area contributed by atoms with Crippen molar-refractivity contribution in [1.29, 1.82) is 0 Å². The van der Waals surface area contributed by atoms with E-state index >= 15 is 0 Å². The Balaban J connectivity index is 2.23. The third-order valence-electron chi connectivity index (χ3n) is 3.59. The summed E-state index contributed by atoms with van der Waals surface area (Å²) in [5, 5.41) is 2.44. The largest absolute Gasteiger partial charge is 0.361 e. The molecule has 0 saturated carbocycles. The maximum Gasteiger partial charge on any atom is 0.309 e. The van der Waals surface area contributed by atoms with Crippen LogP contribution in [0.5, 0.6) is 0 Å². The van der Waals surface area contributed by atoms with Gasteiger partial charge in [-0.25, -0.2) is 0 Å². The predicted octanol–water partition coefficient (Wildman–Crippen LogP) is -1.17. The molecule has 2 aliphatic rings. The summed E-state index contributed by atoms with van der Waals surface area (Å²) in [4.78, 5) is 33.8. The highest BCUT2D eigenvalue weighted by Gasteiger charge is 2.51. The zero-order chi connectivity index (χ0) is 17.4. The van der Waals surface area contributed by atoms with Crippen molar-refractivity contribution < 1.29 is 33.3 Å². The van der Waals surface area contributed by atoms with E-state index < -0.39 is 47.7 Å². The average Bonchev–Trinajstić information content (AvgIpc) is 2.75. The minimum atomic E-state index is -1.12. The number of rotatable bonds is 3. The third-order valence-corrected chi connectivity index (χ3v) is 3.59. The van der Waals surface area contributed by atoms with Crippen LogP contribution in [0.15, 0.2) is 0 Å². The molecule has 0 aromatic heterocycles. The monoisotopic (exact) mass is 330 g/mol. The van der Waals surface area contributed by atoms with Crippen LogP contribution >= 0.6 is 0 Å². The minimum absolute atomic E-state index is 0.0720. The van der Waals surface area contributed by atoms with Crippen molar-refractivity contribution in [1.82, 2.24) is 5.32 Å². The van der Waals surface area contributed by atoms with Crippen LogP contribution in [0.1, 0.15) is 27.7 Å². The number of amides is 2. The van der Waals surface area contributed by atoms with Gasteiger partial charge in [-0.2, -0.15) is 0 Å². The lowest BCUT2D eigenvalue weighted by Crippen LogP contribution is -2.62. The van der Waals surface area contributed by atoms with Gasteiger partial charge in [0.25, 0.3) is 0 Å². The van der Waals surface area contributed by atoms with Gasteiger partial charge in [0.1, 0.15) is 18.3 Å². The summed E-state index contributed by atoms with van der Waals surface area (Å²) < 4.78 is 22.6. The van der Waals surface area contributed by atoms with Gasteiger partial charge >= 0.3 is 11.8 Å². The van der Waals surface area contributed by atoms with E-state index in [0.29, 0.717) is 6.29 Å². The van der Waals surface area contributed by atoms with E-state index in [2.05, 4.69) is 5.32 Å². The van der Waals surface area contributed by atoms with E-state index in [1.54, 1.807) is 27.7 Å². The molecule has 2 heterocycles. The number of ether oxygens (including phenoxy) is 4. The zero-order valence-corrected chi connectivity index (χ0v) is 13.5. The van der Waals surface area contributed by atoms with Gasteiger partial charge in [-0.05, 0) is 27.7 Å².